The number of nitrogens with one attached hydrogen (secondary N) is 5. The molecule has 3 aromatic carbocycles. The van der Waals surface area contributed by atoms with Crippen LogP contribution in [0.5, 0.6) is 6.01 Å². The van der Waals surface area contributed by atoms with Crippen LogP contribution >= 0.6 is 11.6 Å². The summed E-state index contributed by atoms with van der Waals surface area (Å²) in [6.45, 7) is 3.51. The molecule has 16 nitrogen and oxygen atoms in total. The minimum atomic E-state index is -4.66. The van der Waals surface area contributed by atoms with Gasteiger partial charge in [0.2, 0.25) is 11.9 Å². The summed E-state index contributed by atoms with van der Waals surface area (Å²) >= 11 is 6.06. The quantitative estimate of drug-likeness (QED) is 0.0722. The van der Waals surface area contributed by atoms with E-state index in [0.29, 0.717) is 29.4 Å². The van der Waals surface area contributed by atoms with Crippen molar-refractivity contribution in [2.24, 2.45) is 5.41 Å². The molecule has 57 heavy (non-hydrogen) atoms. The standard InChI is InChI=1S/C36H35ClF4N12O4/c1-20-50-51-52-53(20)27-16-25(11-12-26(27)28(54)42-17-34(2,3)18-43-29(55)30(56)44-24-6-4-5-23(38)15-24)45-31-46-32(48-33(47-31)57-19-36(39,40)41)49-35(13-14-35)21-7-9-22(37)10-8-21/h4-12,15-16H,13-14,17-19H2,1-3H3,(H,42,54)(H,43,55)(H,44,56)(H2,45,46,47,48,49). The van der Waals surface area contributed by atoms with Crippen LogP contribution in [0.15, 0.2) is 66.7 Å². The van der Waals surface area contributed by atoms with Crippen LogP contribution in [0.25, 0.3) is 5.69 Å². The number of halogens is 5. The van der Waals surface area contributed by atoms with Gasteiger partial charge >= 0.3 is 24.0 Å². The average Bonchev–Trinajstić information content (AvgIpc) is 3.81. The van der Waals surface area contributed by atoms with E-state index in [1.165, 1.54) is 41.1 Å². The first-order chi connectivity index (χ1) is 27.0. The van der Waals surface area contributed by atoms with Gasteiger partial charge in [-0.3, -0.25) is 14.4 Å². The number of alkyl halides is 3. The summed E-state index contributed by atoms with van der Waals surface area (Å²) in [5, 5.41) is 25.9. The predicted molar refractivity (Wildman–Crippen MR) is 199 cm³/mol. The van der Waals surface area contributed by atoms with E-state index in [0.717, 1.165) is 11.6 Å². The van der Waals surface area contributed by atoms with E-state index in [2.05, 4.69) is 57.1 Å². The maximum Gasteiger partial charge on any atom is 0.422 e. The Kier molecular flexibility index (Phi) is 11.5. The van der Waals surface area contributed by atoms with Gasteiger partial charge in [-0.1, -0.05) is 43.6 Å². The summed E-state index contributed by atoms with van der Waals surface area (Å²) in [5.74, 6) is -2.95. The number of amides is 3. The number of nitrogens with zero attached hydrogens (tertiary/aromatic N) is 7. The van der Waals surface area contributed by atoms with Crippen LogP contribution in [0.3, 0.4) is 0 Å². The van der Waals surface area contributed by atoms with Gasteiger partial charge in [-0.05, 0) is 89.7 Å². The normalized spacial score (nSPS) is 13.3. The van der Waals surface area contributed by atoms with Gasteiger partial charge in [0, 0.05) is 29.5 Å². The van der Waals surface area contributed by atoms with Crippen molar-refractivity contribution in [2.45, 2.75) is 45.3 Å². The molecular formula is C36H35ClF4N12O4. The Morgan fingerprint density at radius 1 is 0.895 bits per heavy atom. The highest BCUT2D eigenvalue weighted by molar-refractivity contribution is 6.39. The molecule has 6 rings (SSSR count). The second-order valence-corrected chi connectivity index (χ2v) is 14.3. The Labute approximate surface area is 327 Å². The molecule has 1 aliphatic rings. The zero-order valence-electron chi connectivity index (χ0n) is 30.5. The van der Waals surface area contributed by atoms with Crippen LogP contribution in [0.4, 0.5) is 40.8 Å². The zero-order valence-corrected chi connectivity index (χ0v) is 31.3. The summed E-state index contributed by atoms with van der Waals surface area (Å²) in [6.07, 6.45) is -3.27. The molecular weight excluding hydrogens is 776 g/mol. The number of rotatable bonds is 14. The third-order valence-electron chi connectivity index (χ3n) is 8.57. The molecule has 0 radical (unpaired) electrons. The maximum atomic E-state index is 13.6. The fourth-order valence-electron chi connectivity index (χ4n) is 5.46. The smallest absolute Gasteiger partial charge is 0.422 e. The van der Waals surface area contributed by atoms with Crippen molar-refractivity contribution in [3.8, 4) is 11.7 Å². The Morgan fingerprint density at radius 2 is 1.61 bits per heavy atom. The lowest BCUT2D eigenvalue weighted by molar-refractivity contribution is -0.154. The number of anilines is 4. The zero-order chi connectivity index (χ0) is 41.0. The number of hydrogen-bond acceptors (Lipinski definition) is 12. The molecule has 0 atom stereocenters. The molecule has 21 heteroatoms. The SMILES string of the molecule is Cc1nnnn1-c1cc(Nc2nc(NC3(c4ccc(Cl)cc4)CC3)nc(OCC(F)(F)F)n2)ccc1C(=O)NCC(C)(C)CNC(=O)C(=O)Nc1cccc(F)c1. The highest BCUT2D eigenvalue weighted by Gasteiger charge is 2.45. The average molecular weight is 811 g/mol. The van der Waals surface area contributed by atoms with Crippen molar-refractivity contribution in [3.63, 3.8) is 0 Å². The number of hydrogen-bond donors (Lipinski definition) is 5. The lowest BCUT2D eigenvalue weighted by Gasteiger charge is -2.25. The summed E-state index contributed by atoms with van der Waals surface area (Å²) in [5.41, 5.74) is 0.324. The van der Waals surface area contributed by atoms with E-state index in [-0.39, 0.29) is 41.9 Å². The number of ether oxygens (including phenoxy) is 1. The number of benzene rings is 3. The van der Waals surface area contributed by atoms with E-state index < -0.39 is 53.3 Å². The Balaban J connectivity index is 1.18. The van der Waals surface area contributed by atoms with Crippen LogP contribution < -0.4 is 31.3 Å². The Bertz CT molecular complexity index is 2280. The molecule has 0 aliphatic heterocycles. The molecule has 1 saturated carbocycles. The molecule has 1 aliphatic carbocycles. The molecule has 2 aromatic heterocycles. The van der Waals surface area contributed by atoms with Crippen molar-refractivity contribution in [3.05, 3.63) is 94.5 Å². The van der Waals surface area contributed by atoms with E-state index in [9.17, 15) is 31.9 Å². The molecule has 1 fully saturated rings. The fourth-order valence-corrected chi connectivity index (χ4v) is 5.59. The fraction of sp³-hybridized carbons (Fsp3) is 0.306. The topological polar surface area (TPSA) is 203 Å². The van der Waals surface area contributed by atoms with Crippen LogP contribution in [0.2, 0.25) is 5.02 Å². The summed E-state index contributed by atoms with van der Waals surface area (Å²) in [4.78, 5) is 50.9. The molecule has 5 aromatic rings. The largest absolute Gasteiger partial charge is 0.454 e. The number of tetrazole rings is 1. The van der Waals surface area contributed by atoms with Gasteiger partial charge in [0.1, 0.15) is 5.82 Å². The molecule has 5 N–H and O–H groups in total. The van der Waals surface area contributed by atoms with E-state index in [1.807, 2.05) is 12.1 Å². The molecule has 2 heterocycles. The van der Waals surface area contributed by atoms with E-state index in [1.54, 1.807) is 32.9 Å². The van der Waals surface area contributed by atoms with Crippen LogP contribution in [-0.4, -0.2) is 78.8 Å². The third kappa shape index (κ3) is 10.7. The summed E-state index contributed by atoms with van der Waals surface area (Å²) in [6, 6.07) is 16.1. The van der Waals surface area contributed by atoms with E-state index >= 15 is 0 Å². The molecule has 298 valence electrons. The van der Waals surface area contributed by atoms with Crippen molar-refractivity contribution in [1.29, 1.82) is 0 Å². The Morgan fingerprint density at radius 3 is 2.28 bits per heavy atom. The lowest BCUT2D eigenvalue weighted by atomic mass is 9.93. The van der Waals surface area contributed by atoms with Gasteiger partial charge < -0.3 is 31.3 Å². The number of carbonyl (C=O) groups excluding carboxylic acids is 3. The Hall–Kier alpha value is -6.44. The van der Waals surface area contributed by atoms with Gasteiger partial charge in [0.05, 0.1) is 16.8 Å². The highest BCUT2D eigenvalue weighted by atomic mass is 35.5. The van der Waals surface area contributed by atoms with Gasteiger partial charge in [-0.2, -0.15) is 32.8 Å². The molecule has 0 spiro atoms. The highest BCUT2D eigenvalue weighted by Crippen LogP contribution is 2.48. The predicted octanol–water partition coefficient (Wildman–Crippen LogP) is 5.25. The number of carbonyl (C=O) groups is 3. The summed E-state index contributed by atoms with van der Waals surface area (Å²) in [7, 11) is 0. The maximum absolute atomic E-state index is 13.6. The van der Waals surface area contributed by atoms with Crippen molar-refractivity contribution in [2.75, 3.05) is 35.6 Å². The minimum absolute atomic E-state index is 0.0111. The monoisotopic (exact) mass is 810 g/mol. The number of aromatic nitrogens is 7. The van der Waals surface area contributed by atoms with Crippen LogP contribution in [0.1, 0.15) is 48.4 Å². The van der Waals surface area contributed by atoms with Crippen molar-refractivity contribution >= 4 is 52.6 Å². The van der Waals surface area contributed by atoms with Gasteiger partial charge in [-0.25, -0.2) is 4.39 Å². The lowest BCUT2D eigenvalue weighted by Crippen LogP contribution is -2.45. The molecule has 0 unspecified atom stereocenters. The van der Waals surface area contributed by atoms with Crippen LogP contribution in [0, 0.1) is 18.2 Å². The molecule has 3 amide bonds. The molecule has 0 bridgehead atoms. The summed E-state index contributed by atoms with van der Waals surface area (Å²) < 4.78 is 59.0. The third-order valence-corrected chi connectivity index (χ3v) is 8.83. The first-order valence-electron chi connectivity index (χ1n) is 17.3. The van der Waals surface area contributed by atoms with Crippen LogP contribution in [-0.2, 0) is 15.1 Å². The van der Waals surface area contributed by atoms with Gasteiger partial charge in [0.25, 0.3) is 5.91 Å². The van der Waals surface area contributed by atoms with Gasteiger partial charge in [-0.15, -0.1) is 5.10 Å². The van der Waals surface area contributed by atoms with E-state index in [4.69, 9.17) is 16.3 Å². The second kappa shape index (κ2) is 16.3. The first-order valence-corrected chi connectivity index (χ1v) is 17.6. The minimum Gasteiger partial charge on any atom is -0.454 e. The number of aryl methyl sites for hydroxylation is 1. The first kappa shape index (κ1) is 40.2. The second-order valence-electron chi connectivity index (χ2n) is 13.9. The van der Waals surface area contributed by atoms with Crippen molar-refractivity contribution < 1.29 is 36.7 Å². The van der Waals surface area contributed by atoms with Crippen molar-refractivity contribution in [1.82, 2.24) is 45.8 Å². The van der Waals surface area contributed by atoms with Gasteiger partial charge in [0.15, 0.2) is 12.4 Å². The molecule has 0 saturated heterocycles.